The highest BCUT2D eigenvalue weighted by atomic mass is 32.2. The molecule has 254 valence electrons. The minimum absolute atomic E-state index is 0.0482. The molecule has 3 aliphatic heterocycles. The van der Waals surface area contributed by atoms with Crippen molar-refractivity contribution in [2.45, 2.75) is 37.9 Å². The fraction of sp³-hybridized carbons (Fsp3) is 0.382. The van der Waals surface area contributed by atoms with E-state index in [1.54, 1.807) is 35.2 Å². The Morgan fingerprint density at radius 2 is 1.62 bits per heavy atom. The molecule has 2 saturated heterocycles. The molecule has 9 nitrogen and oxygen atoms in total. The van der Waals surface area contributed by atoms with E-state index in [2.05, 4.69) is 15.2 Å². The van der Waals surface area contributed by atoms with Gasteiger partial charge in [0.05, 0.1) is 11.3 Å². The van der Waals surface area contributed by atoms with Crippen LogP contribution in [0.1, 0.15) is 45.5 Å². The van der Waals surface area contributed by atoms with Gasteiger partial charge in [-0.05, 0) is 85.8 Å². The summed E-state index contributed by atoms with van der Waals surface area (Å²) in [6.07, 6.45) is -4.10. The summed E-state index contributed by atoms with van der Waals surface area (Å²) in [7, 11) is -3.70. The quantitative estimate of drug-likeness (QED) is 0.372. The first-order valence-corrected chi connectivity index (χ1v) is 17.3. The normalized spacial score (nSPS) is 18.6. The fourth-order valence-electron chi connectivity index (χ4n) is 6.45. The third kappa shape index (κ3) is 6.95. The molecule has 3 aromatic rings. The van der Waals surface area contributed by atoms with Gasteiger partial charge in [0, 0.05) is 56.1 Å². The number of aryl methyl sites for hydroxylation is 2. The zero-order valence-electron chi connectivity index (χ0n) is 26.3. The smallest absolute Gasteiger partial charge is 0.368 e. The van der Waals surface area contributed by atoms with E-state index in [0.29, 0.717) is 31.7 Å². The number of anilines is 1. The van der Waals surface area contributed by atoms with Crippen LogP contribution in [0.4, 0.5) is 23.2 Å². The Morgan fingerprint density at radius 1 is 0.938 bits per heavy atom. The van der Waals surface area contributed by atoms with Crippen LogP contribution in [0.2, 0.25) is 0 Å². The Bertz CT molecular complexity index is 1850. The third-order valence-corrected chi connectivity index (χ3v) is 11.2. The molecule has 0 atom stereocenters. The summed E-state index contributed by atoms with van der Waals surface area (Å²) in [4.78, 5) is 34.5. The molecule has 3 heterocycles. The van der Waals surface area contributed by atoms with Gasteiger partial charge in [-0.2, -0.15) is 13.2 Å². The van der Waals surface area contributed by atoms with Gasteiger partial charge in [0.25, 0.3) is 11.8 Å². The van der Waals surface area contributed by atoms with Crippen LogP contribution < -0.4 is 10.2 Å². The second kappa shape index (κ2) is 13.0. The van der Waals surface area contributed by atoms with Crippen molar-refractivity contribution in [1.82, 2.24) is 14.5 Å². The first kappa shape index (κ1) is 33.6. The Kier molecular flexibility index (Phi) is 9.07. The van der Waals surface area contributed by atoms with E-state index in [9.17, 15) is 35.6 Å². The number of rotatable bonds is 7. The van der Waals surface area contributed by atoms with Gasteiger partial charge in [-0.15, -0.1) is 0 Å². The summed E-state index contributed by atoms with van der Waals surface area (Å²) in [5, 5.41) is 2.59. The molecule has 1 N–H and O–H groups in total. The maximum atomic E-state index is 13.3. The molecule has 0 aliphatic carbocycles. The Balaban J connectivity index is 1.03. The number of nitrogens with zero attached hydrogens (tertiary/aromatic N) is 4. The molecular formula is C34H35F4N5O4S. The highest BCUT2D eigenvalue weighted by molar-refractivity contribution is 7.89. The van der Waals surface area contributed by atoms with Crippen molar-refractivity contribution in [1.29, 1.82) is 0 Å². The van der Waals surface area contributed by atoms with E-state index in [-0.39, 0.29) is 61.2 Å². The van der Waals surface area contributed by atoms with E-state index in [1.807, 2.05) is 6.92 Å². The molecule has 3 aromatic carbocycles. The van der Waals surface area contributed by atoms with Crippen LogP contribution in [0.15, 0.2) is 71.7 Å². The monoisotopic (exact) mass is 685 g/mol. The number of nitrogens with one attached hydrogen (secondary N) is 1. The number of piperazine rings is 1. The van der Waals surface area contributed by atoms with Gasteiger partial charge >= 0.3 is 6.18 Å². The lowest BCUT2D eigenvalue weighted by atomic mass is 9.89. The lowest BCUT2D eigenvalue weighted by molar-refractivity contribution is -0.137. The zero-order chi connectivity index (χ0) is 34.3. The molecule has 0 saturated carbocycles. The molecule has 14 heteroatoms. The van der Waals surface area contributed by atoms with E-state index >= 15 is 0 Å². The molecule has 2 fully saturated rings. The largest absolute Gasteiger partial charge is 0.416 e. The SMILES string of the molecule is Cc1cc(C(=O)N2CCN(c3ccc(F)cc3)CC2)ccc1CCS(=O)(=O)N1CCC2(CC1)N=C(c1cccc(C(F)(F)F)c1)NC2=O. The van der Waals surface area contributed by atoms with Gasteiger partial charge in [-0.3, -0.25) is 14.6 Å². The topological polar surface area (TPSA) is 102 Å². The van der Waals surface area contributed by atoms with Crippen molar-refractivity contribution in [3.63, 3.8) is 0 Å². The third-order valence-electron chi connectivity index (χ3n) is 9.36. The standard InChI is InChI=1S/C34H35F4N5O4S/c1-23-21-26(31(44)42-18-16-41(17-19-42)29-9-7-28(35)8-10-29)6-5-24(23)11-20-48(46,47)43-14-12-33(13-15-43)32(45)39-30(40-33)25-3-2-4-27(22-25)34(36,37)38/h2-10,21-22H,11-20H2,1H3,(H,39,40,45). The van der Waals surface area contributed by atoms with Crippen molar-refractivity contribution < 1.29 is 35.6 Å². The number of aliphatic imine (C=N–C) groups is 1. The molecule has 0 unspecified atom stereocenters. The number of alkyl halides is 3. The minimum atomic E-state index is -4.54. The molecule has 0 aromatic heterocycles. The lowest BCUT2D eigenvalue weighted by Gasteiger charge is -2.36. The van der Waals surface area contributed by atoms with E-state index < -0.39 is 33.2 Å². The summed E-state index contributed by atoms with van der Waals surface area (Å²) >= 11 is 0. The van der Waals surface area contributed by atoms with Crippen molar-refractivity contribution in [2.24, 2.45) is 4.99 Å². The van der Waals surface area contributed by atoms with Gasteiger partial charge in [-0.1, -0.05) is 18.2 Å². The Labute approximate surface area is 276 Å². The molecule has 1 spiro atoms. The van der Waals surface area contributed by atoms with Gasteiger partial charge in [0.15, 0.2) is 0 Å². The highest BCUT2D eigenvalue weighted by Crippen LogP contribution is 2.34. The number of halogens is 4. The van der Waals surface area contributed by atoms with E-state index in [1.165, 1.54) is 28.6 Å². The number of carbonyl (C=O) groups is 2. The maximum Gasteiger partial charge on any atom is 0.416 e. The predicted molar refractivity (Wildman–Crippen MR) is 173 cm³/mol. The second-order valence-electron chi connectivity index (χ2n) is 12.4. The number of hydrogen-bond acceptors (Lipinski definition) is 6. The average Bonchev–Trinajstić information content (AvgIpc) is 3.38. The number of sulfonamides is 1. The molecule has 0 bridgehead atoms. The second-order valence-corrected chi connectivity index (χ2v) is 14.5. The Hall–Kier alpha value is -4.30. The summed E-state index contributed by atoms with van der Waals surface area (Å²) in [5.41, 5.74) is 1.08. The fourth-order valence-corrected chi connectivity index (χ4v) is 7.92. The number of hydrogen-bond donors (Lipinski definition) is 1. The van der Waals surface area contributed by atoms with Crippen molar-refractivity contribution >= 4 is 33.4 Å². The number of amidine groups is 1. The molecule has 3 aliphatic rings. The van der Waals surface area contributed by atoms with Gasteiger partial charge in [-0.25, -0.2) is 17.1 Å². The molecule has 0 radical (unpaired) electrons. The number of carbonyl (C=O) groups excluding carboxylic acids is 2. The minimum Gasteiger partial charge on any atom is -0.368 e. The van der Waals surface area contributed by atoms with Crippen LogP contribution in [0.3, 0.4) is 0 Å². The van der Waals surface area contributed by atoms with Crippen LogP contribution in [0.25, 0.3) is 0 Å². The average molecular weight is 686 g/mol. The van der Waals surface area contributed by atoms with Crippen molar-refractivity contribution in [3.8, 4) is 0 Å². The summed E-state index contributed by atoms with van der Waals surface area (Å²) in [5.74, 6) is -0.967. The zero-order valence-corrected chi connectivity index (χ0v) is 27.1. The number of amides is 2. The highest BCUT2D eigenvalue weighted by Gasteiger charge is 2.47. The van der Waals surface area contributed by atoms with Crippen molar-refractivity contribution in [2.75, 3.05) is 49.9 Å². The van der Waals surface area contributed by atoms with Crippen LogP contribution in [-0.2, 0) is 27.4 Å². The number of benzene rings is 3. The van der Waals surface area contributed by atoms with Crippen molar-refractivity contribution in [3.05, 3.63) is 100 Å². The summed E-state index contributed by atoms with van der Waals surface area (Å²) < 4.78 is 80.8. The van der Waals surface area contributed by atoms with Gasteiger partial charge < -0.3 is 15.1 Å². The maximum absolute atomic E-state index is 13.3. The first-order valence-electron chi connectivity index (χ1n) is 15.7. The number of piperidine rings is 1. The van der Waals surface area contributed by atoms with Gasteiger partial charge in [0.2, 0.25) is 10.0 Å². The van der Waals surface area contributed by atoms with Crippen LogP contribution >= 0.6 is 0 Å². The summed E-state index contributed by atoms with van der Waals surface area (Å²) in [6, 6.07) is 16.1. The van der Waals surface area contributed by atoms with Crippen LogP contribution in [0.5, 0.6) is 0 Å². The van der Waals surface area contributed by atoms with E-state index in [4.69, 9.17) is 0 Å². The Morgan fingerprint density at radius 3 is 2.27 bits per heavy atom. The molecule has 48 heavy (non-hydrogen) atoms. The van der Waals surface area contributed by atoms with Crippen LogP contribution in [0, 0.1) is 12.7 Å². The molecule has 2 amide bonds. The van der Waals surface area contributed by atoms with E-state index in [0.717, 1.165) is 28.9 Å². The molecule has 6 rings (SSSR count). The summed E-state index contributed by atoms with van der Waals surface area (Å²) in [6.45, 7) is 4.23. The van der Waals surface area contributed by atoms with Gasteiger partial charge in [0.1, 0.15) is 17.2 Å². The lowest BCUT2D eigenvalue weighted by Crippen LogP contribution is -2.50. The first-order chi connectivity index (χ1) is 22.7. The van der Waals surface area contributed by atoms with Crippen LogP contribution in [-0.4, -0.2) is 85.8 Å². The molecular weight excluding hydrogens is 650 g/mol. The predicted octanol–water partition coefficient (Wildman–Crippen LogP) is 4.40.